The minimum atomic E-state index is -0.467. The Morgan fingerprint density at radius 3 is 2.60 bits per heavy atom. The second-order valence-corrected chi connectivity index (χ2v) is 5.37. The Morgan fingerprint density at radius 2 is 2.05 bits per heavy atom. The van der Waals surface area contributed by atoms with Crippen LogP contribution in [0.5, 0.6) is 0 Å². The molecule has 1 aliphatic rings. The van der Waals surface area contributed by atoms with Crippen molar-refractivity contribution in [3.8, 4) is 0 Å². The lowest BCUT2D eigenvalue weighted by Gasteiger charge is -2.33. The van der Waals surface area contributed by atoms with Crippen molar-refractivity contribution in [3.05, 3.63) is 11.7 Å². The molecule has 1 saturated heterocycles. The number of hydrogen-bond acceptors (Lipinski definition) is 6. The molecule has 0 aromatic carbocycles. The van der Waals surface area contributed by atoms with Crippen LogP contribution in [-0.4, -0.2) is 36.0 Å². The van der Waals surface area contributed by atoms with Crippen LogP contribution in [0, 0.1) is 0 Å². The zero-order chi connectivity index (χ0) is 14.6. The first-order valence-electron chi connectivity index (χ1n) is 7.44. The number of aromatic nitrogens is 2. The summed E-state index contributed by atoms with van der Waals surface area (Å²) in [6, 6.07) is -0.00830. The molecule has 1 aliphatic heterocycles. The van der Waals surface area contributed by atoms with Crippen LogP contribution in [-0.2, 0) is 15.1 Å². The summed E-state index contributed by atoms with van der Waals surface area (Å²) < 4.78 is 16.8. The fraction of sp³-hybridized carbons (Fsp3) is 0.857. The number of nitrogens with two attached hydrogens (primary N) is 1. The van der Waals surface area contributed by atoms with Crippen LogP contribution in [0.2, 0.25) is 0 Å². The molecule has 1 aromatic rings. The van der Waals surface area contributed by atoms with Crippen molar-refractivity contribution < 1.29 is 14.0 Å². The van der Waals surface area contributed by atoms with E-state index in [1.807, 2.05) is 13.8 Å². The van der Waals surface area contributed by atoms with E-state index in [1.165, 1.54) is 0 Å². The molecule has 0 spiro atoms. The summed E-state index contributed by atoms with van der Waals surface area (Å²) in [6.07, 6.45) is 2.40. The van der Waals surface area contributed by atoms with Gasteiger partial charge in [-0.15, -0.1) is 0 Å². The number of rotatable bonds is 6. The molecular formula is C14H25N3O3. The third-order valence-electron chi connectivity index (χ3n) is 3.96. The van der Waals surface area contributed by atoms with Crippen LogP contribution >= 0.6 is 0 Å². The Balaban J connectivity index is 2.24. The van der Waals surface area contributed by atoms with E-state index in [2.05, 4.69) is 17.1 Å². The molecule has 0 aliphatic carbocycles. The van der Waals surface area contributed by atoms with E-state index in [1.54, 1.807) is 0 Å². The maximum absolute atomic E-state index is 5.98. The quantitative estimate of drug-likeness (QED) is 0.859. The highest BCUT2D eigenvalue weighted by Gasteiger charge is 2.40. The first-order valence-corrected chi connectivity index (χ1v) is 7.44. The Morgan fingerprint density at radius 1 is 1.35 bits per heavy atom. The van der Waals surface area contributed by atoms with Crippen LogP contribution in [0.25, 0.3) is 0 Å². The van der Waals surface area contributed by atoms with Crippen LogP contribution in [0.15, 0.2) is 4.52 Å². The Kier molecular flexibility index (Phi) is 5.12. The normalized spacial score (nSPS) is 21.6. The zero-order valence-electron chi connectivity index (χ0n) is 12.6. The van der Waals surface area contributed by atoms with Gasteiger partial charge in [0, 0.05) is 38.7 Å². The van der Waals surface area contributed by atoms with E-state index in [-0.39, 0.29) is 12.0 Å². The maximum Gasteiger partial charge on any atom is 0.231 e. The molecule has 1 aromatic heterocycles. The summed E-state index contributed by atoms with van der Waals surface area (Å²) in [7, 11) is 0. The predicted octanol–water partition coefficient (Wildman–Crippen LogP) is 1.95. The first-order chi connectivity index (χ1) is 9.63. The molecule has 6 nitrogen and oxygen atoms in total. The minimum absolute atomic E-state index is 0.00830. The van der Waals surface area contributed by atoms with Crippen molar-refractivity contribution in [1.29, 1.82) is 0 Å². The standard InChI is InChI=1S/C14H25N3O3/c1-4-11(10(3)15)12-16-13(17-20-12)14(19-5-2)6-8-18-9-7-14/h10-11H,4-9,15H2,1-3H3. The van der Waals surface area contributed by atoms with Crippen molar-refractivity contribution in [2.75, 3.05) is 19.8 Å². The van der Waals surface area contributed by atoms with Crippen LogP contribution in [0.1, 0.15) is 57.7 Å². The van der Waals surface area contributed by atoms with E-state index in [9.17, 15) is 0 Å². The highest BCUT2D eigenvalue weighted by Crippen LogP contribution is 2.35. The zero-order valence-corrected chi connectivity index (χ0v) is 12.6. The molecule has 2 heterocycles. The van der Waals surface area contributed by atoms with Gasteiger partial charge in [-0.3, -0.25) is 0 Å². The molecule has 0 bridgehead atoms. The Labute approximate surface area is 120 Å². The molecular weight excluding hydrogens is 258 g/mol. The highest BCUT2D eigenvalue weighted by molar-refractivity contribution is 5.06. The smallest absolute Gasteiger partial charge is 0.231 e. The number of nitrogens with zero attached hydrogens (tertiary/aromatic N) is 2. The first kappa shape index (κ1) is 15.4. The van der Waals surface area contributed by atoms with Crippen molar-refractivity contribution in [2.45, 2.75) is 57.6 Å². The SMILES string of the molecule is CCOC1(c2noc(C(CC)C(C)N)n2)CCOCC1. The van der Waals surface area contributed by atoms with Gasteiger partial charge in [-0.1, -0.05) is 12.1 Å². The monoisotopic (exact) mass is 283 g/mol. The molecule has 114 valence electrons. The lowest BCUT2D eigenvalue weighted by molar-refractivity contribution is -0.118. The average Bonchev–Trinajstić information content (AvgIpc) is 2.90. The third kappa shape index (κ3) is 3.02. The van der Waals surface area contributed by atoms with Crippen molar-refractivity contribution in [3.63, 3.8) is 0 Å². The molecule has 2 N–H and O–H groups in total. The third-order valence-corrected chi connectivity index (χ3v) is 3.96. The molecule has 20 heavy (non-hydrogen) atoms. The summed E-state index contributed by atoms with van der Waals surface area (Å²) in [5.74, 6) is 1.34. The van der Waals surface area contributed by atoms with Crippen molar-refractivity contribution >= 4 is 0 Å². The molecule has 0 saturated carbocycles. The van der Waals surface area contributed by atoms with Crippen LogP contribution in [0.3, 0.4) is 0 Å². The second-order valence-electron chi connectivity index (χ2n) is 5.37. The second kappa shape index (κ2) is 6.65. The number of hydrogen-bond donors (Lipinski definition) is 1. The molecule has 0 radical (unpaired) electrons. The summed E-state index contributed by atoms with van der Waals surface area (Å²) in [5, 5.41) is 4.16. The van der Waals surface area contributed by atoms with E-state index >= 15 is 0 Å². The van der Waals surface area contributed by atoms with Crippen LogP contribution < -0.4 is 5.73 Å². The van der Waals surface area contributed by atoms with E-state index < -0.39 is 5.60 Å². The largest absolute Gasteiger partial charge is 0.381 e. The summed E-state index contributed by atoms with van der Waals surface area (Å²) in [4.78, 5) is 4.58. The maximum atomic E-state index is 5.98. The van der Waals surface area contributed by atoms with E-state index in [4.69, 9.17) is 19.7 Å². The van der Waals surface area contributed by atoms with Gasteiger partial charge in [-0.25, -0.2) is 0 Å². The Bertz CT molecular complexity index is 408. The van der Waals surface area contributed by atoms with Crippen molar-refractivity contribution in [1.82, 2.24) is 10.1 Å². The van der Waals surface area contributed by atoms with Gasteiger partial charge in [0.05, 0.1) is 5.92 Å². The van der Waals surface area contributed by atoms with Gasteiger partial charge in [-0.2, -0.15) is 4.98 Å². The molecule has 2 unspecified atom stereocenters. The topological polar surface area (TPSA) is 83.4 Å². The minimum Gasteiger partial charge on any atom is -0.381 e. The molecule has 0 amide bonds. The Hall–Kier alpha value is -0.980. The van der Waals surface area contributed by atoms with Gasteiger partial charge in [0.1, 0.15) is 5.60 Å². The molecule has 2 rings (SSSR count). The van der Waals surface area contributed by atoms with Gasteiger partial charge in [0.25, 0.3) is 0 Å². The summed E-state index contributed by atoms with van der Waals surface area (Å²) in [5.41, 5.74) is 5.51. The van der Waals surface area contributed by atoms with Gasteiger partial charge < -0.3 is 19.7 Å². The predicted molar refractivity (Wildman–Crippen MR) is 74.3 cm³/mol. The van der Waals surface area contributed by atoms with Gasteiger partial charge in [-0.05, 0) is 20.3 Å². The lowest BCUT2D eigenvalue weighted by atomic mass is 9.93. The molecule has 1 fully saturated rings. The fourth-order valence-electron chi connectivity index (χ4n) is 2.75. The van der Waals surface area contributed by atoms with E-state index in [0.717, 1.165) is 19.3 Å². The highest BCUT2D eigenvalue weighted by atomic mass is 16.5. The summed E-state index contributed by atoms with van der Waals surface area (Å²) in [6.45, 7) is 7.96. The molecule has 6 heteroatoms. The summed E-state index contributed by atoms with van der Waals surface area (Å²) >= 11 is 0. The van der Waals surface area contributed by atoms with E-state index in [0.29, 0.717) is 31.5 Å². The average molecular weight is 283 g/mol. The van der Waals surface area contributed by atoms with Gasteiger partial charge in [0.15, 0.2) is 0 Å². The lowest BCUT2D eigenvalue weighted by Crippen LogP contribution is -2.37. The fourth-order valence-corrected chi connectivity index (χ4v) is 2.75. The van der Waals surface area contributed by atoms with Gasteiger partial charge in [0.2, 0.25) is 11.7 Å². The van der Waals surface area contributed by atoms with Crippen molar-refractivity contribution in [2.24, 2.45) is 5.73 Å². The molecule has 2 atom stereocenters. The van der Waals surface area contributed by atoms with Crippen LogP contribution in [0.4, 0.5) is 0 Å². The number of ether oxygens (including phenoxy) is 2. The van der Waals surface area contributed by atoms with Gasteiger partial charge >= 0.3 is 0 Å².